The molecule has 0 fully saturated rings. The Morgan fingerprint density at radius 1 is 1.69 bits per heavy atom. The number of hydrogen-bond acceptors (Lipinski definition) is 3. The van der Waals surface area contributed by atoms with Crippen LogP contribution < -0.4 is 5.11 Å². The Balaban J connectivity index is 0.000000424. The maximum atomic E-state index is 8.25. The van der Waals surface area contributed by atoms with Crippen LogP contribution in [-0.4, -0.2) is 49.0 Å². The molecule has 4 heteroatoms. The number of likely N-dealkylation sites (N-methyl/N-ethyl adjacent to an activating group) is 1. The second-order valence-corrected chi connectivity index (χ2v) is 3.08. The summed E-state index contributed by atoms with van der Waals surface area (Å²) < 4.78 is 2.25. The van der Waals surface area contributed by atoms with Gasteiger partial charge < -0.3 is 9.90 Å². The zero-order valence-corrected chi connectivity index (χ0v) is 8.40. The van der Waals surface area contributed by atoms with Gasteiger partial charge >= 0.3 is 0 Å². The van der Waals surface area contributed by atoms with Crippen molar-refractivity contribution in [3.8, 4) is 0 Å². The van der Waals surface area contributed by atoms with Crippen molar-refractivity contribution in [1.29, 1.82) is 0 Å². The first-order valence-electron chi connectivity index (χ1n) is 4.59. The number of unbranched alkanes of at least 4 members (excludes halogenated alkanes) is 1. The lowest BCUT2D eigenvalue weighted by molar-refractivity contribution is -0.482. The van der Waals surface area contributed by atoms with Crippen LogP contribution in [0.1, 0.15) is 19.8 Å². The molecule has 0 bridgehead atoms. The average Bonchev–Trinajstić information content (AvgIpc) is 2.49. The minimum Gasteiger partial charge on any atom is -0.554 e. The summed E-state index contributed by atoms with van der Waals surface area (Å²) in [5.74, 6) is 0. The number of carbonyl (C=O) groups is 1. The molecule has 0 atom stereocenters. The molecule has 1 aliphatic rings. The fourth-order valence-electron chi connectivity index (χ4n) is 1.21. The van der Waals surface area contributed by atoms with Crippen molar-refractivity contribution >= 4 is 12.8 Å². The maximum Gasteiger partial charge on any atom is 0.234 e. The van der Waals surface area contributed by atoms with Gasteiger partial charge in [-0.15, -0.1) is 0 Å². The lowest BCUT2D eigenvalue weighted by Gasteiger charge is -2.03. The first-order chi connectivity index (χ1) is 6.24. The molecule has 0 radical (unpaired) electrons. The van der Waals surface area contributed by atoms with Crippen LogP contribution in [-0.2, 0) is 4.79 Å². The Morgan fingerprint density at radius 3 is 2.69 bits per heavy atom. The Labute approximate surface area is 79.5 Å². The largest absolute Gasteiger partial charge is 0.554 e. The van der Waals surface area contributed by atoms with Crippen molar-refractivity contribution in [3.63, 3.8) is 0 Å². The molecule has 1 heterocycles. The van der Waals surface area contributed by atoms with Gasteiger partial charge in [-0.25, -0.2) is 0 Å². The van der Waals surface area contributed by atoms with Crippen LogP contribution >= 0.6 is 0 Å². The van der Waals surface area contributed by atoms with Crippen molar-refractivity contribution in [2.45, 2.75) is 19.8 Å². The number of carbonyl (C=O) groups excluding carboxylic acids is 1. The van der Waals surface area contributed by atoms with Crippen molar-refractivity contribution in [3.05, 3.63) is 0 Å². The van der Waals surface area contributed by atoms with Crippen LogP contribution in [0.25, 0.3) is 0 Å². The maximum absolute atomic E-state index is 8.25. The Bertz CT molecular complexity index is 169. The van der Waals surface area contributed by atoms with Gasteiger partial charge in [-0.3, -0.25) is 9.48 Å². The van der Waals surface area contributed by atoms with Crippen molar-refractivity contribution in [1.82, 2.24) is 4.90 Å². The molecular formula is C9H18N2O2. The summed E-state index contributed by atoms with van der Waals surface area (Å²) in [5.41, 5.74) is 0. The van der Waals surface area contributed by atoms with Crippen LogP contribution in [0.3, 0.4) is 0 Å². The first-order valence-corrected chi connectivity index (χ1v) is 4.59. The summed E-state index contributed by atoms with van der Waals surface area (Å²) in [6.07, 6.45) is 4.84. The quantitative estimate of drug-likeness (QED) is 0.425. The zero-order valence-electron chi connectivity index (χ0n) is 8.40. The lowest BCUT2D eigenvalue weighted by Crippen LogP contribution is -2.20. The SMILES string of the molecule is CCCCN1C=[N+](C)CC1.O=C[O-]. The van der Waals surface area contributed by atoms with Gasteiger partial charge in [0.15, 0.2) is 0 Å². The first kappa shape index (κ1) is 11.9. The molecule has 0 amide bonds. The minimum absolute atomic E-state index is 0.500. The van der Waals surface area contributed by atoms with E-state index in [1.807, 2.05) is 0 Å². The van der Waals surface area contributed by atoms with E-state index in [4.69, 9.17) is 9.90 Å². The monoisotopic (exact) mass is 186 g/mol. The number of carboxylic acid groups (broad SMARTS) is 1. The van der Waals surface area contributed by atoms with Gasteiger partial charge in [0.05, 0.1) is 13.6 Å². The lowest BCUT2D eigenvalue weighted by atomic mass is 10.3. The highest BCUT2D eigenvalue weighted by atomic mass is 16.3. The molecule has 13 heavy (non-hydrogen) atoms. The summed E-state index contributed by atoms with van der Waals surface area (Å²) in [5, 5.41) is 8.25. The van der Waals surface area contributed by atoms with Gasteiger partial charge in [-0.2, -0.15) is 0 Å². The minimum atomic E-state index is -0.500. The van der Waals surface area contributed by atoms with Gasteiger partial charge in [0, 0.05) is 6.47 Å². The van der Waals surface area contributed by atoms with E-state index >= 15 is 0 Å². The molecule has 1 aliphatic heterocycles. The molecule has 0 aromatic carbocycles. The summed E-state index contributed by atoms with van der Waals surface area (Å²) in [6.45, 7) is 5.39. The van der Waals surface area contributed by atoms with E-state index in [2.05, 4.69) is 29.8 Å². The fourth-order valence-corrected chi connectivity index (χ4v) is 1.21. The number of nitrogens with zero attached hydrogens (tertiary/aromatic N) is 2. The van der Waals surface area contributed by atoms with E-state index in [9.17, 15) is 0 Å². The normalized spacial score (nSPS) is 14.6. The van der Waals surface area contributed by atoms with Crippen LogP contribution in [0.4, 0.5) is 0 Å². The van der Waals surface area contributed by atoms with Gasteiger partial charge in [0.25, 0.3) is 0 Å². The van der Waals surface area contributed by atoms with Crippen LogP contribution in [0.2, 0.25) is 0 Å². The van der Waals surface area contributed by atoms with E-state index in [0.717, 1.165) is 0 Å². The number of hydrogen-bond donors (Lipinski definition) is 0. The van der Waals surface area contributed by atoms with Crippen LogP contribution in [0.5, 0.6) is 0 Å². The molecule has 0 unspecified atom stereocenters. The topological polar surface area (TPSA) is 46.4 Å². The predicted octanol–water partition coefficient (Wildman–Crippen LogP) is -0.861. The second kappa shape index (κ2) is 7.58. The fraction of sp³-hybridized carbons (Fsp3) is 0.778. The van der Waals surface area contributed by atoms with Gasteiger partial charge in [0.1, 0.15) is 13.1 Å². The van der Waals surface area contributed by atoms with E-state index in [-0.39, 0.29) is 0 Å². The number of rotatable bonds is 3. The van der Waals surface area contributed by atoms with Crippen molar-refractivity contribution < 1.29 is 14.5 Å². The summed E-state index contributed by atoms with van der Waals surface area (Å²) in [7, 11) is 2.13. The third-order valence-electron chi connectivity index (χ3n) is 1.90. The molecule has 0 saturated heterocycles. The Hall–Kier alpha value is -1.06. The summed E-state index contributed by atoms with van der Waals surface area (Å²) >= 11 is 0. The molecule has 0 saturated carbocycles. The summed E-state index contributed by atoms with van der Waals surface area (Å²) in [4.78, 5) is 10.6. The van der Waals surface area contributed by atoms with Crippen molar-refractivity contribution in [2.24, 2.45) is 0 Å². The predicted molar refractivity (Wildman–Crippen MR) is 49.7 cm³/mol. The molecule has 0 aromatic heterocycles. The van der Waals surface area contributed by atoms with Gasteiger partial charge in [0.2, 0.25) is 6.34 Å². The molecule has 1 rings (SSSR count). The molecule has 76 valence electrons. The Morgan fingerprint density at radius 2 is 2.31 bits per heavy atom. The average molecular weight is 186 g/mol. The molecular weight excluding hydrogens is 168 g/mol. The highest BCUT2D eigenvalue weighted by Crippen LogP contribution is 1.95. The van der Waals surface area contributed by atoms with Gasteiger partial charge in [-0.05, 0) is 6.42 Å². The van der Waals surface area contributed by atoms with Crippen LogP contribution in [0, 0.1) is 0 Å². The third-order valence-corrected chi connectivity index (χ3v) is 1.90. The highest BCUT2D eigenvalue weighted by molar-refractivity contribution is 5.50. The molecule has 0 aromatic rings. The van der Waals surface area contributed by atoms with E-state index < -0.39 is 6.47 Å². The molecule has 0 aliphatic carbocycles. The highest BCUT2D eigenvalue weighted by Gasteiger charge is 2.14. The van der Waals surface area contributed by atoms with Crippen LogP contribution in [0.15, 0.2) is 0 Å². The standard InChI is InChI=1S/C8H17N2.CH2O2/c1-3-4-5-10-7-6-9(2)8-10;2-1-3/h8H,3-7H2,1-2H3;1H,(H,2,3)/q+1;/p-1. The Kier molecular flexibility index (Phi) is 6.96. The molecule has 0 N–H and O–H groups in total. The van der Waals surface area contributed by atoms with E-state index in [1.54, 1.807) is 0 Å². The van der Waals surface area contributed by atoms with E-state index in [0.29, 0.717) is 0 Å². The van der Waals surface area contributed by atoms with E-state index in [1.165, 1.54) is 32.5 Å². The second-order valence-electron chi connectivity index (χ2n) is 3.08. The smallest absolute Gasteiger partial charge is 0.234 e. The van der Waals surface area contributed by atoms with Gasteiger partial charge in [-0.1, -0.05) is 13.3 Å². The summed E-state index contributed by atoms with van der Waals surface area (Å²) in [6, 6.07) is 0. The molecule has 0 spiro atoms. The zero-order chi connectivity index (χ0) is 10.1. The third kappa shape index (κ3) is 6.13. The molecule has 4 nitrogen and oxygen atoms in total. The van der Waals surface area contributed by atoms with Crippen molar-refractivity contribution in [2.75, 3.05) is 26.7 Å².